The highest BCUT2D eigenvalue weighted by Crippen LogP contribution is 2.36. The maximum Gasteiger partial charge on any atom is 0.312 e. The lowest BCUT2D eigenvalue weighted by molar-refractivity contribution is -0.146. The Labute approximate surface area is 225 Å². The molecule has 10 heteroatoms. The minimum absolute atomic E-state index is 0.149. The van der Waals surface area contributed by atoms with Crippen molar-refractivity contribution >= 4 is 20.1 Å². The van der Waals surface area contributed by atoms with Crippen molar-refractivity contribution in [2.24, 2.45) is 5.92 Å². The summed E-state index contributed by atoms with van der Waals surface area (Å²) in [4.78, 5) is 40.6. The summed E-state index contributed by atoms with van der Waals surface area (Å²) in [5.74, 6) is 0.461. The van der Waals surface area contributed by atoms with Crippen molar-refractivity contribution in [3.05, 3.63) is 65.0 Å². The van der Waals surface area contributed by atoms with Crippen LogP contribution < -0.4 is 10.5 Å². The zero-order valence-corrected chi connectivity index (χ0v) is 24.1. The Morgan fingerprint density at radius 2 is 1.76 bits per heavy atom. The first-order valence-electron chi connectivity index (χ1n) is 13.0. The van der Waals surface area contributed by atoms with Crippen LogP contribution in [0.4, 0.5) is 5.82 Å². The van der Waals surface area contributed by atoms with Crippen molar-refractivity contribution in [1.82, 2.24) is 19.5 Å². The molecule has 202 valence electrons. The van der Waals surface area contributed by atoms with Crippen LogP contribution in [0.2, 0.25) is 18.1 Å². The van der Waals surface area contributed by atoms with E-state index >= 15 is 0 Å². The molecule has 0 amide bonds. The number of benzene rings is 1. The molecular weight excluding hydrogens is 498 g/mol. The molecule has 0 aliphatic carbocycles. The van der Waals surface area contributed by atoms with Gasteiger partial charge in [-0.25, -0.2) is 15.0 Å². The minimum atomic E-state index is -1.83. The second-order valence-electron chi connectivity index (χ2n) is 11.2. The van der Waals surface area contributed by atoms with Crippen molar-refractivity contribution in [2.45, 2.75) is 51.7 Å². The Hall–Kier alpha value is -3.37. The standard InChI is InChI=1S/C28H37N5O4Si/c1-28(2,3)38(5,6)37-16-7-9-22-19-33(23-12-10-20(11-13-23)24-29-14-8-15-30-24)26(34)25(31-22)32-17-21(18-32)27(35)36-4/h8,10-15,19,21H,7,9,16-18H2,1-6H3. The highest BCUT2D eigenvalue weighted by atomic mass is 28.4. The van der Waals surface area contributed by atoms with Gasteiger partial charge in [-0.2, -0.15) is 0 Å². The van der Waals surface area contributed by atoms with Gasteiger partial charge in [0.15, 0.2) is 20.0 Å². The molecule has 1 saturated heterocycles. The smallest absolute Gasteiger partial charge is 0.312 e. The molecule has 0 atom stereocenters. The van der Waals surface area contributed by atoms with E-state index in [9.17, 15) is 9.59 Å². The summed E-state index contributed by atoms with van der Waals surface area (Å²) in [5.41, 5.74) is 2.17. The van der Waals surface area contributed by atoms with E-state index < -0.39 is 8.32 Å². The summed E-state index contributed by atoms with van der Waals surface area (Å²) in [7, 11) is -0.453. The molecule has 0 unspecified atom stereocenters. The van der Waals surface area contributed by atoms with Crippen LogP contribution >= 0.6 is 0 Å². The van der Waals surface area contributed by atoms with E-state index in [0.717, 1.165) is 23.4 Å². The van der Waals surface area contributed by atoms with Gasteiger partial charge >= 0.3 is 5.97 Å². The SMILES string of the molecule is COC(=O)C1CN(c2nc(CCCO[Si](C)(C)C(C)(C)C)cn(-c3ccc(-c4ncccn4)cc3)c2=O)C1. The first kappa shape index (κ1) is 27.7. The molecule has 2 aromatic heterocycles. The number of hydrogen-bond acceptors (Lipinski definition) is 8. The number of esters is 1. The Kier molecular flexibility index (Phi) is 8.12. The van der Waals surface area contributed by atoms with Gasteiger partial charge in [-0.1, -0.05) is 20.8 Å². The predicted octanol–water partition coefficient (Wildman–Crippen LogP) is 4.25. The molecule has 9 nitrogen and oxygen atoms in total. The average Bonchev–Trinajstić information content (AvgIpc) is 2.87. The van der Waals surface area contributed by atoms with Gasteiger partial charge < -0.3 is 14.1 Å². The van der Waals surface area contributed by atoms with E-state index in [4.69, 9.17) is 14.1 Å². The number of aryl methyl sites for hydroxylation is 1. The van der Waals surface area contributed by atoms with Crippen LogP contribution in [0.25, 0.3) is 17.1 Å². The van der Waals surface area contributed by atoms with Gasteiger partial charge in [0.25, 0.3) is 5.56 Å². The maximum absolute atomic E-state index is 13.5. The van der Waals surface area contributed by atoms with Crippen molar-refractivity contribution in [1.29, 1.82) is 0 Å². The third-order valence-electron chi connectivity index (χ3n) is 7.47. The van der Waals surface area contributed by atoms with Gasteiger partial charge in [-0.05, 0) is 61.3 Å². The van der Waals surface area contributed by atoms with Gasteiger partial charge in [0.1, 0.15) is 0 Å². The Morgan fingerprint density at radius 3 is 2.37 bits per heavy atom. The van der Waals surface area contributed by atoms with Crippen molar-refractivity contribution in [2.75, 3.05) is 31.7 Å². The number of hydrogen-bond donors (Lipinski definition) is 0. The fourth-order valence-corrected chi connectivity index (χ4v) is 5.12. The summed E-state index contributed by atoms with van der Waals surface area (Å²) in [5, 5.41) is 0.149. The molecular formula is C28H37N5O4Si. The minimum Gasteiger partial charge on any atom is -0.469 e. The topological polar surface area (TPSA) is 99.4 Å². The van der Waals surface area contributed by atoms with Gasteiger partial charge in [0, 0.05) is 49.5 Å². The van der Waals surface area contributed by atoms with Crippen LogP contribution in [0, 0.1) is 5.92 Å². The maximum atomic E-state index is 13.5. The second kappa shape index (κ2) is 11.2. The monoisotopic (exact) mass is 535 g/mol. The molecule has 0 bridgehead atoms. The molecule has 4 rings (SSSR count). The molecule has 3 heterocycles. The molecule has 1 aliphatic heterocycles. The molecule has 38 heavy (non-hydrogen) atoms. The van der Waals surface area contributed by atoms with Crippen molar-refractivity contribution < 1.29 is 14.0 Å². The highest BCUT2D eigenvalue weighted by molar-refractivity contribution is 6.74. The fourth-order valence-electron chi connectivity index (χ4n) is 4.03. The quantitative estimate of drug-likeness (QED) is 0.228. The van der Waals surface area contributed by atoms with E-state index in [2.05, 4.69) is 43.8 Å². The summed E-state index contributed by atoms with van der Waals surface area (Å²) < 4.78 is 12.8. The summed E-state index contributed by atoms with van der Waals surface area (Å²) in [6.45, 7) is 12.7. The number of anilines is 1. The first-order valence-corrected chi connectivity index (χ1v) is 15.9. The average molecular weight is 536 g/mol. The van der Waals surface area contributed by atoms with Crippen molar-refractivity contribution in [3.8, 4) is 17.1 Å². The lowest BCUT2D eigenvalue weighted by Crippen LogP contribution is -2.53. The molecule has 1 aliphatic rings. The molecule has 0 saturated carbocycles. The van der Waals surface area contributed by atoms with Gasteiger partial charge in [0.2, 0.25) is 0 Å². The summed E-state index contributed by atoms with van der Waals surface area (Å²) in [6.07, 6.45) is 6.68. The van der Waals surface area contributed by atoms with Crippen LogP contribution in [0.15, 0.2) is 53.7 Å². The third-order valence-corrected chi connectivity index (χ3v) is 12.0. The van der Waals surface area contributed by atoms with E-state index in [1.54, 1.807) is 23.0 Å². The van der Waals surface area contributed by atoms with E-state index in [1.165, 1.54) is 7.11 Å². The number of rotatable bonds is 9. The Morgan fingerprint density at radius 1 is 1.11 bits per heavy atom. The van der Waals surface area contributed by atoms with Gasteiger partial charge in [-0.3, -0.25) is 14.2 Å². The van der Waals surface area contributed by atoms with Crippen LogP contribution in [0.1, 0.15) is 32.9 Å². The number of methoxy groups -OCH3 is 1. The van der Waals surface area contributed by atoms with Crippen LogP contribution in [-0.4, -0.2) is 60.6 Å². The zero-order valence-electron chi connectivity index (χ0n) is 23.1. The lowest BCUT2D eigenvalue weighted by Gasteiger charge is -2.38. The predicted molar refractivity (Wildman–Crippen MR) is 150 cm³/mol. The van der Waals surface area contributed by atoms with Crippen LogP contribution in [-0.2, 0) is 20.4 Å². The molecule has 3 aromatic rings. The fraction of sp³-hybridized carbons (Fsp3) is 0.464. The highest BCUT2D eigenvalue weighted by Gasteiger charge is 2.37. The zero-order chi connectivity index (χ0) is 27.5. The van der Waals surface area contributed by atoms with E-state index in [1.807, 2.05) is 35.4 Å². The van der Waals surface area contributed by atoms with E-state index in [-0.39, 0.29) is 22.5 Å². The largest absolute Gasteiger partial charge is 0.469 e. The normalized spacial score (nSPS) is 14.3. The molecule has 0 radical (unpaired) electrons. The number of carbonyl (C=O) groups is 1. The first-order chi connectivity index (χ1) is 18.0. The molecule has 0 spiro atoms. The molecule has 0 N–H and O–H groups in total. The van der Waals surface area contributed by atoms with Crippen LogP contribution in [0.3, 0.4) is 0 Å². The van der Waals surface area contributed by atoms with Gasteiger partial charge in [0.05, 0.1) is 18.7 Å². The lowest BCUT2D eigenvalue weighted by atomic mass is 10.0. The van der Waals surface area contributed by atoms with Crippen LogP contribution in [0.5, 0.6) is 0 Å². The van der Waals surface area contributed by atoms with Crippen molar-refractivity contribution in [3.63, 3.8) is 0 Å². The summed E-state index contributed by atoms with van der Waals surface area (Å²) in [6, 6.07) is 9.35. The van der Waals surface area contributed by atoms with E-state index in [0.29, 0.717) is 37.8 Å². The summed E-state index contributed by atoms with van der Waals surface area (Å²) >= 11 is 0. The molecule has 1 fully saturated rings. The number of aromatic nitrogens is 4. The Balaban J connectivity index is 1.58. The Bertz CT molecular complexity index is 1310. The molecule has 1 aromatic carbocycles. The second-order valence-corrected chi connectivity index (χ2v) is 16.0. The third kappa shape index (κ3) is 6.02. The van der Waals surface area contributed by atoms with Gasteiger partial charge in [-0.15, -0.1) is 0 Å². The number of carbonyl (C=O) groups excluding carboxylic acids is 1. The number of nitrogens with zero attached hydrogens (tertiary/aromatic N) is 5. The number of ether oxygens (including phenoxy) is 1.